The topological polar surface area (TPSA) is 29.6 Å². The van der Waals surface area contributed by atoms with Gasteiger partial charge in [0.05, 0.1) is 11.4 Å². The van der Waals surface area contributed by atoms with E-state index in [-0.39, 0.29) is 5.82 Å². The van der Waals surface area contributed by atoms with Gasteiger partial charge >= 0.3 is 0 Å². The smallest absolute Gasteiger partial charge is 0.205 e. The molecular weight excluding hydrogens is 321 g/mol. The molecule has 0 atom stereocenters. The molecule has 0 spiro atoms. The Kier molecular flexibility index (Phi) is 5.01. The number of aromatic nitrogens is 1. The van der Waals surface area contributed by atoms with Gasteiger partial charge in [0.1, 0.15) is 5.82 Å². The van der Waals surface area contributed by atoms with Crippen molar-refractivity contribution in [3.05, 3.63) is 76.2 Å². The number of halogens is 1. The van der Waals surface area contributed by atoms with Crippen LogP contribution in [0.5, 0.6) is 0 Å². The summed E-state index contributed by atoms with van der Waals surface area (Å²) in [7, 11) is 1.76. The van der Waals surface area contributed by atoms with E-state index in [1.54, 1.807) is 30.5 Å². The summed E-state index contributed by atoms with van der Waals surface area (Å²) in [6.45, 7) is 2.04. The van der Waals surface area contributed by atoms with Crippen molar-refractivity contribution < 1.29 is 4.39 Å². The molecule has 0 radical (unpaired) electrons. The molecule has 0 aliphatic heterocycles. The van der Waals surface area contributed by atoms with Crippen LogP contribution in [0.3, 0.4) is 0 Å². The van der Waals surface area contributed by atoms with E-state index in [0.29, 0.717) is 0 Å². The fraction of sp³-hybridized carbons (Fsp3) is 0.158. The van der Waals surface area contributed by atoms with Crippen molar-refractivity contribution in [3.63, 3.8) is 0 Å². The SMILES string of the molecule is CCC(=Nn1c(-c2ccccc2)csc1=NC)c1ccc(F)cc1. The summed E-state index contributed by atoms with van der Waals surface area (Å²) in [5, 5.41) is 6.87. The first-order chi connectivity index (χ1) is 11.7. The van der Waals surface area contributed by atoms with Crippen molar-refractivity contribution in [2.75, 3.05) is 7.05 Å². The molecule has 3 aromatic rings. The van der Waals surface area contributed by atoms with Crippen molar-refractivity contribution in [2.45, 2.75) is 13.3 Å². The van der Waals surface area contributed by atoms with Gasteiger partial charge in [-0.15, -0.1) is 11.3 Å². The van der Waals surface area contributed by atoms with Crippen LogP contribution in [0, 0.1) is 5.82 Å². The molecular formula is C19H18FN3S. The van der Waals surface area contributed by atoms with Crippen molar-refractivity contribution in [2.24, 2.45) is 10.1 Å². The summed E-state index contributed by atoms with van der Waals surface area (Å²) in [5.41, 5.74) is 3.88. The Morgan fingerprint density at radius 3 is 2.42 bits per heavy atom. The number of benzene rings is 2. The summed E-state index contributed by atoms with van der Waals surface area (Å²) in [4.78, 5) is 5.15. The molecule has 1 aromatic heterocycles. The Balaban J connectivity index is 2.14. The maximum absolute atomic E-state index is 13.2. The van der Waals surface area contributed by atoms with Crippen LogP contribution >= 0.6 is 11.3 Å². The van der Waals surface area contributed by atoms with E-state index in [4.69, 9.17) is 5.10 Å². The molecule has 0 amide bonds. The molecule has 0 aliphatic carbocycles. The highest BCUT2D eigenvalue weighted by Gasteiger charge is 2.09. The molecule has 5 heteroatoms. The van der Waals surface area contributed by atoms with Crippen LogP contribution in [-0.2, 0) is 0 Å². The van der Waals surface area contributed by atoms with Crippen molar-refractivity contribution in [3.8, 4) is 11.3 Å². The van der Waals surface area contributed by atoms with Crippen LogP contribution in [0.4, 0.5) is 4.39 Å². The first kappa shape index (κ1) is 16.3. The van der Waals surface area contributed by atoms with E-state index in [0.717, 1.165) is 33.8 Å². The molecule has 0 aliphatic rings. The van der Waals surface area contributed by atoms with Gasteiger partial charge in [0.25, 0.3) is 0 Å². The van der Waals surface area contributed by atoms with Gasteiger partial charge in [0.2, 0.25) is 4.80 Å². The lowest BCUT2D eigenvalue weighted by Gasteiger charge is -2.08. The number of nitrogens with zero attached hydrogens (tertiary/aromatic N) is 3. The van der Waals surface area contributed by atoms with Crippen LogP contribution in [0.2, 0.25) is 0 Å². The van der Waals surface area contributed by atoms with Gasteiger partial charge in [-0.3, -0.25) is 4.99 Å². The van der Waals surface area contributed by atoms with Crippen LogP contribution in [-0.4, -0.2) is 17.4 Å². The fourth-order valence-electron chi connectivity index (χ4n) is 2.45. The number of hydrogen-bond acceptors (Lipinski definition) is 3. The minimum atomic E-state index is -0.244. The van der Waals surface area contributed by atoms with Gasteiger partial charge in [-0.05, 0) is 24.1 Å². The molecule has 3 nitrogen and oxygen atoms in total. The second kappa shape index (κ2) is 7.36. The van der Waals surface area contributed by atoms with E-state index < -0.39 is 0 Å². The third-order valence-electron chi connectivity index (χ3n) is 3.68. The van der Waals surface area contributed by atoms with Crippen molar-refractivity contribution >= 4 is 17.0 Å². The maximum Gasteiger partial charge on any atom is 0.205 e. The molecule has 0 unspecified atom stereocenters. The zero-order chi connectivity index (χ0) is 16.9. The maximum atomic E-state index is 13.2. The predicted molar refractivity (Wildman–Crippen MR) is 97.9 cm³/mol. The molecule has 0 fully saturated rings. The lowest BCUT2D eigenvalue weighted by Crippen LogP contribution is -2.14. The minimum Gasteiger partial charge on any atom is -0.261 e. The summed E-state index contributed by atoms with van der Waals surface area (Å²) in [6, 6.07) is 16.5. The van der Waals surface area contributed by atoms with Crippen LogP contribution in [0.1, 0.15) is 18.9 Å². The van der Waals surface area contributed by atoms with E-state index in [9.17, 15) is 4.39 Å². The molecule has 1 heterocycles. The number of hydrogen-bond donors (Lipinski definition) is 0. The highest BCUT2D eigenvalue weighted by molar-refractivity contribution is 7.07. The highest BCUT2D eigenvalue weighted by atomic mass is 32.1. The Bertz CT molecular complexity index is 906. The van der Waals surface area contributed by atoms with E-state index >= 15 is 0 Å². The monoisotopic (exact) mass is 339 g/mol. The Labute approximate surface area is 144 Å². The van der Waals surface area contributed by atoms with E-state index in [1.807, 2.05) is 29.8 Å². The Hall–Kier alpha value is -2.53. The third kappa shape index (κ3) is 3.36. The average Bonchev–Trinajstić information content (AvgIpc) is 3.04. The van der Waals surface area contributed by atoms with Gasteiger partial charge in [0, 0.05) is 18.0 Å². The van der Waals surface area contributed by atoms with Gasteiger partial charge in [-0.25, -0.2) is 9.07 Å². The second-order valence-corrected chi connectivity index (χ2v) is 6.05. The largest absolute Gasteiger partial charge is 0.261 e. The molecule has 24 heavy (non-hydrogen) atoms. The third-order valence-corrected chi connectivity index (χ3v) is 4.59. The summed E-state index contributed by atoms with van der Waals surface area (Å²) >= 11 is 1.55. The van der Waals surface area contributed by atoms with Crippen LogP contribution < -0.4 is 4.80 Å². The summed E-state index contributed by atoms with van der Waals surface area (Å²) < 4.78 is 15.0. The molecule has 0 saturated carbocycles. The Morgan fingerprint density at radius 2 is 1.79 bits per heavy atom. The normalized spacial score (nSPS) is 12.6. The van der Waals surface area contributed by atoms with Gasteiger partial charge in [-0.2, -0.15) is 5.10 Å². The van der Waals surface area contributed by atoms with E-state index in [1.165, 1.54) is 12.1 Å². The van der Waals surface area contributed by atoms with Crippen LogP contribution in [0.15, 0.2) is 70.1 Å². The number of rotatable bonds is 4. The second-order valence-electron chi connectivity index (χ2n) is 5.21. The standard InChI is InChI=1S/C19H18FN3S/c1-3-17(14-9-11-16(20)12-10-14)22-23-18(13-24-19(23)21-2)15-7-5-4-6-8-15/h4-13H,3H2,1-2H3. The quantitative estimate of drug-likeness (QED) is 0.624. The number of thiazole rings is 1. The lowest BCUT2D eigenvalue weighted by atomic mass is 10.1. The average molecular weight is 339 g/mol. The minimum absolute atomic E-state index is 0.244. The molecule has 3 rings (SSSR count). The van der Waals surface area contributed by atoms with Crippen molar-refractivity contribution in [1.82, 2.24) is 4.68 Å². The Morgan fingerprint density at radius 1 is 1.08 bits per heavy atom. The summed E-state index contributed by atoms with van der Waals surface area (Å²) in [5.74, 6) is -0.244. The highest BCUT2D eigenvalue weighted by Crippen LogP contribution is 2.20. The van der Waals surface area contributed by atoms with Crippen molar-refractivity contribution in [1.29, 1.82) is 0 Å². The molecule has 0 saturated heterocycles. The van der Waals surface area contributed by atoms with E-state index in [2.05, 4.69) is 22.5 Å². The van der Waals surface area contributed by atoms with Gasteiger partial charge < -0.3 is 0 Å². The van der Waals surface area contributed by atoms with Gasteiger partial charge in [0.15, 0.2) is 0 Å². The molecule has 0 bridgehead atoms. The lowest BCUT2D eigenvalue weighted by molar-refractivity contribution is 0.627. The zero-order valence-electron chi connectivity index (χ0n) is 13.6. The molecule has 0 N–H and O–H groups in total. The molecule has 2 aromatic carbocycles. The summed E-state index contributed by atoms with van der Waals surface area (Å²) in [6.07, 6.45) is 0.742. The predicted octanol–water partition coefficient (Wildman–Crippen LogP) is 4.55. The fourth-order valence-corrected chi connectivity index (χ4v) is 3.25. The zero-order valence-corrected chi connectivity index (χ0v) is 14.4. The first-order valence-electron chi connectivity index (χ1n) is 7.75. The van der Waals surface area contributed by atoms with Gasteiger partial charge in [-0.1, -0.05) is 49.4 Å². The molecule has 122 valence electrons. The van der Waals surface area contributed by atoms with Crippen LogP contribution in [0.25, 0.3) is 11.3 Å². The first-order valence-corrected chi connectivity index (χ1v) is 8.63.